The van der Waals surface area contributed by atoms with Crippen molar-refractivity contribution in [3.8, 4) is 16.9 Å². The molecule has 6 aliphatic rings. The maximum Gasteiger partial charge on any atom is 0.322 e. The highest BCUT2D eigenvalue weighted by molar-refractivity contribution is 5.94. The fourth-order valence-electron chi connectivity index (χ4n) is 15.0. The number of rotatable bonds is 9. The summed E-state index contributed by atoms with van der Waals surface area (Å²) >= 11 is 0. The van der Waals surface area contributed by atoms with E-state index in [-0.39, 0.29) is 24.0 Å². The smallest absolute Gasteiger partial charge is 0.322 e. The van der Waals surface area contributed by atoms with Crippen LogP contribution in [0.5, 0.6) is 5.75 Å². The molecule has 2 amide bonds. The zero-order valence-electron chi connectivity index (χ0n) is 41.2. The number of para-hydroxylation sites is 1. The number of hydrogen-bond donors (Lipinski definition) is 4. The molecule has 1 saturated carbocycles. The number of aliphatic hydroxyl groups is 1. The first-order valence-electron chi connectivity index (χ1n) is 25.2. The first-order valence-corrected chi connectivity index (χ1v) is 25.2. The van der Waals surface area contributed by atoms with E-state index in [1.807, 2.05) is 55.6 Å². The molecule has 4 N–H and O–H groups in total. The van der Waals surface area contributed by atoms with Crippen molar-refractivity contribution in [1.29, 1.82) is 0 Å². The Hall–Kier alpha value is -6.15. The van der Waals surface area contributed by atoms with Crippen LogP contribution >= 0.6 is 0 Å². The molecule has 5 aliphatic heterocycles. The largest absolute Gasteiger partial charge is 0.496 e. The summed E-state index contributed by atoms with van der Waals surface area (Å²) in [6.45, 7) is 9.35. The Bertz CT molecular complexity index is 2880. The number of ether oxygens (including phenoxy) is 3. The summed E-state index contributed by atoms with van der Waals surface area (Å²) in [4.78, 5) is 53.7. The Balaban J connectivity index is 1.04. The summed E-state index contributed by atoms with van der Waals surface area (Å²) < 4.78 is 18.8. The molecule has 1 aliphatic carbocycles. The number of aromatic amines is 1. The van der Waals surface area contributed by atoms with Crippen molar-refractivity contribution in [3.63, 3.8) is 0 Å². The lowest BCUT2D eigenvalue weighted by Crippen LogP contribution is -2.74. The van der Waals surface area contributed by atoms with E-state index in [0.29, 0.717) is 55.6 Å². The number of aromatic nitrogens is 1. The molecule has 1 aromatic heterocycles. The Labute approximate surface area is 410 Å². The summed E-state index contributed by atoms with van der Waals surface area (Å²) in [5.74, 6) is -0.338. The molecule has 70 heavy (non-hydrogen) atoms. The number of amides is 2. The van der Waals surface area contributed by atoms with Gasteiger partial charge >= 0.3 is 18.0 Å². The lowest BCUT2D eigenvalue weighted by atomic mass is 9.51. The van der Waals surface area contributed by atoms with Crippen LogP contribution in [0.15, 0.2) is 103 Å². The number of anilines is 2. The number of methoxy groups -OCH3 is 2. The number of fused-ring (bicyclic) bond motifs is 6. The monoisotopic (exact) mass is 946 g/mol. The summed E-state index contributed by atoms with van der Waals surface area (Å²) in [6, 6.07) is 29.9. The van der Waals surface area contributed by atoms with E-state index in [0.717, 1.165) is 77.1 Å². The van der Waals surface area contributed by atoms with Gasteiger partial charge in [-0.05, 0) is 97.5 Å². The molecule has 10 atom stereocenters. The van der Waals surface area contributed by atoms with Crippen LogP contribution in [-0.2, 0) is 36.3 Å². The lowest BCUT2D eigenvalue weighted by molar-refractivity contribution is -0.184. The lowest BCUT2D eigenvalue weighted by Gasteiger charge is -2.60. The fraction of sp³-hybridized carbons (Fsp3) is 0.456. The second-order valence-electron chi connectivity index (χ2n) is 21.0. The van der Waals surface area contributed by atoms with Gasteiger partial charge in [0, 0.05) is 96.6 Å². The molecule has 0 radical (unpaired) electrons. The summed E-state index contributed by atoms with van der Waals surface area (Å²) in [5.41, 5.74) is 5.11. The highest BCUT2D eigenvalue weighted by Gasteiger charge is 2.73. The van der Waals surface area contributed by atoms with Crippen molar-refractivity contribution in [1.82, 2.24) is 20.1 Å². The van der Waals surface area contributed by atoms with Gasteiger partial charge in [0.05, 0.1) is 25.8 Å². The van der Waals surface area contributed by atoms with Crippen LogP contribution in [0.2, 0.25) is 0 Å². The van der Waals surface area contributed by atoms with Crippen molar-refractivity contribution < 1.29 is 33.7 Å². The number of nitrogens with one attached hydrogen (secondary N) is 3. The molecule has 6 heterocycles. The number of esters is 2. The van der Waals surface area contributed by atoms with Crippen LogP contribution in [0.1, 0.15) is 75.3 Å². The molecule has 2 bridgehead atoms. The van der Waals surface area contributed by atoms with E-state index < -0.39 is 46.0 Å². The van der Waals surface area contributed by atoms with Gasteiger partial charge in [-0.25, -0.2) is 4.79 Å². The van der Waals surface area contributed by atoms with Gasteiger partial charge in [0.15, 0.2) is 0 Å². The van der Waals surface area contributed by atoms with Gasteiger partial charge in [0.2, 0.25) is 0 Å². The number of H-pyrrole nitrogens is 1. The van der Waals surface area contributed by atoms with Crippen LogP contribution in [-0.4, -0.2) is 122 Å². The van der Waals surface area contributed by atoms with E-state index in [2.05, 4.69) is 98.8 Å². The second-order valence-corrected chi connectivity index (χ2v) is 21.0. The summed E-state index contributed by atoms with van der Waals surface area (Å²) in [7, 11) is 5.17. The van der Waals surface area contributed by atoms with E-state index in [1.165, 1.54) is 14.0 Å². The minimum Gasteiger partial charge on any atom is -0.496 e. The molecule has 366 valence electrons. The molecule has 13 heteroatoms. The van der Waals surface area contributed by atoms with Gasteiger partial charge in [-0.3, -0.25) is 14.5 Å². The van der Waals surface area contributed by atoms with Crippen molar-refractivity contribution in [2.24, 2.45) is 11.3 Å². The third-order valence-electron chi connectivity index (χ3n) is 17.7. The predicted octanol–water partition coefficient (Wildman–Crippen LogP) is 7.94. The molecular formula is C57H66N6O7. The van der Waals surface area contributed by atoms with Gasteiger partial charge in [-0.2, -0.15) is 0 Å². The van der Waals surface area contributed by atoms with Crippen LogP contribution in [0.4, 0.5) is 16.2 Å². The van der Waals surface area contributed by atoms with E-state index in [9.17, 15) is 14.7 Å². The third-order valence-corrected chi connectivity index (χ3v) is 17.7. The Morgan fingerprint density at radius 2 is 1.66 bits per heavy atom. The van der Waals surface area contributed by atoms with Gasteiger partial charge < -0.3 is 44.7 Å². The maximum absolute atomic E-state index is 15.7. The highest BCUT2D eigenvalue weighted by Crippen LogP contribution is 2.66. The van der Waals surface area contributed by atoms with Crippen LogP contribution < -0.4 is 20.3 Å². The number of carbonyl (C=O) groups excluding carboxylic acids is 3. The highest BCUT2D eigenvalue weighted by atomic mass is 16.6. The molecular weight excluding hydrogens is 881 g/mol. The number of benzene rings is 4. The molecule has 11 rings (SSSR count). The number of urea groups is 1. The summed E-state index contributed by atoms with van der Waals surface area (Å²) in [6.07, 6.45) is 6.37. The first kappa shape index (κ1) is 46.2. The van der Waals surface area contributed by atoms with Crippen molar-refractivity contribution >= 4 is 40.2 Å². The number of likely N-dealkylation sites (N-methyl/N-ethyl adjacent to an activating group) is 1. The Morgan fingerprint density at radius 1 is 0.900 bits per heavy atom. The van der Waals surface area contributed by atoms with Crippen molar-refractivity contribution in [2.45, 2.75) is 100.0 Å². The van der Waals surface area contributed by atoms with Crippen LogP contribution in [0.25, 0.3) is 22.0 Å². The zero-order chi connectivity index (χ0) is 48.7. The molecule has 5 aromatic rings. The molecule has 3 fully saturated rings. The number of carbonyl (C=O) groups is 3. The number of piperidine rings is 1. The normalized spacial score (nSPS) is 31.8. The van der Waals surface area contributed by atoms with Crippen LogP contribution in [0, 0.1) is 11.3 Å². The van der Waals surface area contributed by atoms with Gasteiger partial charge in [0.25, 0.3) is 0 Å². The van der Waals surface area contributed by atoms with E-state index in [1.54, 1.807) is 7.11 Å². The molecule has 4 aromatic carbocycles. The van der Waals surface area contributed by atoms with Gasteiger partial charge in [-0.1, -0.05) is 86.7 Å². The predicted molar refractivity (Wildman–Crippen MR) is 271 cm³/mol. The SMILES string of the molecule is CCC1(NC(=O)Nc2ccc(-c3ccccc3)cc2)C[C@@H]2CN(CCc3c([nH]c4ccccc34)[C@@](C(=O)OC)(c3cc4c(cc3OC)N(C)C3[C@H](O)[C@H](OC(C)=O)[C@]5(CC)C=CCN6CC[C@]43[C@@H]65)C2)C1. The zero-order valence-corrected chi connectivity index (χ0v) is 41.2. The number of aliphatic hydroxyl groups excluding tert-OH is 1. The quantitative estimate of drug-likeness (QED) is 0.0848. The van der Waals surface area contributed by atoms with Gasteiger partial charge in [-0.15, -0.1) is 0 Å². The Kier molecular flexibility index (Phi) is 11.4. The average Bonchev–Trinajstić information content (AvgIpc) is 4.03. The van der Waals surface area contributed by atoms with Gasteiger partial charge in [0.1, 0.15) is 23.4 Å². The Morgan fingerprint density at radius 3 is 2.39 bits per heavy atom. The van der Waals surface area contributed by atoms with Crippen molar-refractivity contribution in [2.75, 3.05) is 64.2 Å². The number of hydrogen-bond acceptors (Lipinski definition) is 10. The first-order chi connectivity index (χ1) is 33.8. The number of nitrogens with zero attached hydrogens (tertiary/aromatic N) is 3. The molecule has 1 spiro atoms. The van der Waals surface area contributed by atoms with Crippen molar-refractivity contribution in [3.05, 3.63) is 126 Å². The average molecular weight is 947 g/mol. The summed E-state index contributed by atoms with van der Waals surface area (Å²) in [5, 5.41) is 20.4. The topological polar surface area (TPSA) is 149 Å². The fourth-order valence-corrected chi connectivity index (χ4v) is 15.0. The molecule has 13 nitrogen and oxygen atoms in total. The third kappa shape index (κ3) is 6.85. The molecule has 3 unspecified atom stereocenters. The standard InChI is InChI=1S/C57H66N6O7/c1-7-54(60-53(67)58-39-21-19-38(20-22-39)37-15-10-9-11-16-37)31-36-32-57(52(66)69-6,48-41(23-27-62(33-36)34-54)40-17-12-13-18-44(40)59-48)43-29-42-45(30-46(43)68-5)61(4)49-47(65)50(70-35(3)64)55(8-2)24-14-26-63-28-25-56(42,49)51(55)63/h9-22,24,29-30,36,47,49-51,59,65H,7-8,23,25-28,31-34H2,1-6H3,(H2,58,60,67)/t36-,47-,49?,50-,51-,54?,55-,56-,57-/m0/s1. The molecule has 2 saturated heterocycles. The maximum atomic E-state index is 15.7. The van der Waals surface area contributed by atoms with Crippen LogP contribution in [0.3, 0.4) is 0 Å². The second kappa shape index (κ2) is 17.3. The van der Waals surface area contributed by atoms with E-state index in [4.69, 9.17) is 14.2 Å². The minimum absolute atomic E-state index is 0.0821. The van der Waals surface area contributed by atoms with E-state index >= 15 is 4.79 Å². The minimum atomic E-state index is -1.39.